The van der Waals surface area contributed by atoms with Crippen molar-refractivity contribution in [3.63, 3.8) is 0 Å². The Bertz CT molecular complexity index is 611. The van der Waals surface area contributed by atoms with E-state index in [1.807, 2.05) is 37.4 Å². The fourth-order valence-corrected chi connectivity index (χ4v) is 2.59. The number of aromatic nitrogens is 1. The Morgan fingerprint density at radius 1 is 1.24 bits per heavy atom. The number of para-hydroxylation sites is 1. The second-order valence-corrected chi connectivity index (χ2v) is 5.47. The van der Waals surface area contributed by atoms with Crippen molar-refractivity contribution in [2.24, 2.45) is 5.73 Å². The second-order valence-electron chi connectivity index (χ2n) is 5.03. The summed E-state index contributed by atoms with van der Waals surface area (Å²) in [6.07, 6.45) is 4.02. The van der Waals surface area contributed by atoms with Crippen LogP contribution < -0.4 is 10.6 Å². The lowest BCUT2D eigenvalue weighted by atomic mass is 10.1. The molecule has 3 nitrogen and oxygen atoms in total. The highest BCUT2D eigenvalue weighted by molar-refractivity contribution is 7.80. The first-order valence-corrected chi connectivity index (χ1v) is 7.64. The fourth-order valence-electron chi connectivity index (χ4n) is 2.33. The molecule has 110 valence electrons. The SMILES string of the molecule is CCCCN(c1ccccc1)c1nccc(C)c1C(N)=S. The highest BCUT2D eigenvalue weighted by atomic mass is 32.1. The third kappa shape index (κ3) is 3.58. The van der Waals surface area contributed by atoms with E-state index in [0.717, 1.165) is 42.0 Å². The molecule has 1 aromatic carbocycles. The van der Waals surface area contributed by atoms with Crippen LogP contribution in [0, 0.1) is 6.92 Å². The van der Waals surface area contributed by atoms with Crippen LogP contribution in [0.1, 0.15) is 30.9 Å². The quantitative estimate of drug-likeness (QED) is 0.820. The van der Waals surface area contributed by atoms with E-state index in [2.05, 4.69) is 28.9 Å². The summed E-state index contributed by atoms with van der Waals surface area (Å²) in [5, 5.41) is 0. The van der Waals surface area contributed by atoms with Crippen LogP contribution in [-0.2, 0) is 0 Å². The highest BCUT2D eigenvalue weighted by Gasteiger charge is 2.17. The Morgan fingerprint density at radius 2 is 1.95 bits per heavy atom. The summed E-state index contributed by atoms with van der Waals surface area (Å²) in [6.45, 7) is 5.09. The number of pyridine rings is 1. The molecule has 2 rings (SSSR count). The number of nitrogens with two attached hydrogens (primary N) is 1. The predicted octanol–water partition coefficient (Wildman–Crippen LogP) is 3.96. The first-order valence-electron chi connectivity index (χ1n) is 7.23. The minimum Gasteiger partial charge on any atom is -0.389 e. The van der Waals surface area contributed by atoms with Crippen LogP contribution in [0.5, 0.6) is 0 Å². The first kappa shape index (κ1) is 15.4. The summed E-state index contributed by atoms with van der Waals surface area (Å²) in [7, 11) is 0. The zero-order valence-corrected chi connectivity index (χ0v) is 13.4. The van der Waals surface area contributed by atoms with E-state index in [1.54, 1.807) is 0 Å². The second kappa shape index (κ2) is 7.18. The average molecular weight is 299 g/mol. The van der Waals surface area contributed by atoms with Crippen molar-refractivity contribution in [3.8, 4) is 0 Å². The molecule has 0 spiro atoms. The van der Waals surface area contributed by atoms with Crippen molar-refractivity contribution >= 4 is 28.7 Å². The molecule has 0 aliphatic heterocycles. The molecule has 2 N–H and O–H groups in total. The number of anilines is 2. The lowest BCUT2D eigenvalue weighted by Crippen LogP contribution is -2.24. The van der Waals surface area contributed by atoms with Gasteiger partial charge in [-0.1, -0.05) is 43.8 Å². The van der Waals surface area contributed by atoms with Crippen molar-refractivity contribution in [2.75, 3.05) is 11.4 Å². The van der Waals surface area contributed by atoms with Gasteiger partial charge in [-0.05, 0) is 37.1 Å². The van der Waals surface area contributed by atoms with Crippen molar-refractivity contribution in [1.82, 2.24) is 4.98 Å². The lowest BCUT2D eigenvalue weighted by Gasteiger charge is -2.26. The summed E-state index contributed by atoms with van der Waals surface area (Å²) in [6, 6.07) is 12.2. The smallest absolute Gasteiger partial charge is 0.143 e. The number of aryl methyl sites for hydroxylation is 1. The van der Waals surface area contributed by atoms with Crippen LogP contribution in [0.2, 0.25) is 0 Å². The molecular formula is C17H21N3S. The van der Waals surface area contributed by atoms with E-state index in [0.29, 0.717) is 4.99 Å². The maximum absolute atomic E-state index is 5.92. The maximum atomic E-state index is 5.92. The van der Waals surface area contributed by atoms with E-state index in [4.69, 9.17) is 18.0 Å². The monoisotopic (exact) mass is 299 g/mol. The molecule has 0 bridgehead atoms. The molecule has 0 radical (unpaired) electrons. The van der Waals surface area contributed by atoms with E-state index in [9.17, 15) is 0 Å². The number of hydrogen-bond acceptors (Lipinski definition) is 3. The Labute approximate surface area is 131 Å². The molecule has 0 aliphatic carbocycles. The van der Waals surface area contributed by atoms with Gasteiger partial charge in [-0.3, -0.25) is 0 Å². The average Bonchev–Trinajstić information content (AvgIpc) is 2.48. The summed E-state index contributed by atoms with van der Waals surface area (Å²) in [5.74, 6) is 0.849. The van der Waals surface area contributed by atoms with E-state index in [1.165, 1.54) is 0 Å². The third-order valence-electron chi connectivity index (χ3n) is 3.44. The van der Waals surface area contributed by atoms with Gasteiger partial charge in [0.2, 0.25) is 0 Å². The summed E-state index contributed by atoms with van der Waals surface area (Å²) in [4.78, 5) is 7.14. The van der Waals surface area contributed by atoms with Crippen LogP contribution in [0.4, 0.5) is 11.5 Å². The zero-order chi connectivity index (χ0) is 15.2. The molecule has 21 heavy (non-hydrogen) atoms. The number of nitrogens with zero attached hydrogens (tertiary/aromatic N) is 2. The zero-order valence-electron chi connectivity index (χ0n) is 12.5. The molecule has 0 fully saturated rings. The number of thiocarbonyl (C=S) groups is 1. The third-order valence-corrected chi connectivity index (χ3v) is 3.65. The van der Waals surface area contributed by atoms with Gasteiger partial charge >= 0.3 is 0 Å². The lowest BCUT2D eigenvalue weighted by molar-refractivity contribution is 0.779. The van der Waals surface area contributed by atoms with Crippen molar-refractivity contribution < 1.29 is 0 Å². The topological polar surface area (TPSA) is 42.2 Å². The van der Waals surface area contributed by atoms with Crippen LogP contribution in [-0.4, -0.2) is 16.5 Å². The van der Waals surface area contributed by atoms with Crippen molar-refractivity contribution in [2.45, 2.75) is 26.7 Å². The molecule has 0 unspecified atom stereocenters. The minimum absolute atomic E-state index is 0.396. The van der Waals surface area contributed by atoms with Gasteiger partial charge in [0.05, 0.1) is 5.56 Å². The van der Waals surface area contributed by atoms with Crippen LogP contribution >= 0.6 is 12.2 Å². The molecule has 1 heterocycles. The number of benzene rings is 1. The van der Waals surface area contributed by atoms with Gasteiger partial charge in [0.1, 0.15) is 10.8 Å². The molecule has 0 saturated heterocycles. The van der Waals surface area contributed by atoms with E-state index < -0.39 is 0 Å². The van der Waals surface area contributed by atoms with Crippen LogP contribution in [0.25, 0.3) is 0 Å². The largest absolute Gasteiger partial charge is 0.389 e. The van der Waals surface area contributed by atoms with E-state index >= 15 is 0 Å². The van der Waals surface area contributed by atoms with Gasteiger partial charge in [0.25, 0.3) is 0 Å². The van der Waals surface area contributed by atoms with Crippen LogP contribution in [0.3, 0.4) is 0 Å². The van der Waals surface area contributed by atoms with Gasteiger partial charge in [-0.2, -0.15) is 0 Å². The minimum atomic E-state index is 0.396. The van der Waals surface area contributed by atoms with Gasteiger partial charge in [-0.25, -0.2) is 4.98 Å². The normalized spacial score (nSPS) is 10.4. The van der Waals surface area contributed by atoms with Gasteiger partial charge in [-0.15, -0.1) is 0 Å². The standard InChI is InChI=1S/C17H21N3S/c1-3-4-12-20(14-8-6-5-7-9-14)17-15(16(18)21)13(2)10-11-19-17/h5-11H,3-4,12H2,1-2H3,(H2,18,21). The maximum Gasteiger partial charge on any atom is 0.143 e. The highest BCUT2D eigenvalue weighted by Crippen LogP contribution is 2.28. The summed E-state index contributed by atoms with van der Waals surface area (Å²) in [5.41, 5.74) is 8.97. The van der Waals surface area contributed by atoms with E-state index in [-0.39, 0.29) is 0 Å². The molecule has 4 heteroatoms. The molecular weight excluding hydrogens is 278 g/mol. The Morgan fingerprint density at radius 3 is 2.57 bits per heavy atom. The number of unbranched alkanes of at least 4 members (excludes halogenated alkanes) is 1. The molecule has 2 aromatic rings. The predicted molar refractivity (Wildman–Crippen MR) is 93.2 cm³/mol. The fraction of sp³-hybridized carbons (Fsp3) is 0.294. The first-order chi connectivity index (χ1) is 10.1. The van der Waals surface area contributed by atoms with Crippen LogP contribution in [0.15, 0.2) is 42.6 Å². The Hall–Kier alpha value is -1.94. The summed E-state index contributed by atoms with van der Waals surface area (Å²) < 4.78 is 0. The molecule has 0 amide bonds. The molecule has 0 aliphatic rings. The summed E-state index contributed by atoms with van der Waals surface area (Å²) >= 11 is 5.23. The van der Waals surface area contributed by atoms with Crippen molar-refractivity contribution in [3.05, 3.63) is 53.7 Å². The van der Waals surface area contributed by atoms with Crippen molar-refractivity contribution in [1.29, 1.82) is 0 Å². The number of rotatable bonds is 6. The Kier molecular flexibility index (Phi) is 5.28. The molecule has 0 saturated carbocycles. The molecule has 0 atom stereocenters. The van der Waals surface area contributed by atoms with Gasteiger partial charge in [0.15, 0.2) is 0 Å². The molecule has 1 aromatic heterocycles. The van der Waals surface area contributed by atoms with Gasteiger partial charge in [0, 0.05) is 18.4 Å². The Balaban J connectivity index is 2.52. The number of hydrogen-bond donors (Lipinski definition) is 1. The van der Waals surface area contributed by atoms with Gasteiger partial charge < -0.3 is 10.6 Å².